The molecule has 0 unspecified atom stereocenters. The summed E-state index contributed by atoms with van der Waals surface area (Å²) in [5.41, 5.74) is 0.479. The number of nitrogens with zero attached hydrogens (tertiary/aromatic N) is 1. The fraction of sp³-hybridized carbons (Fsp3) is 0.667. The molecule has 0 aromatic rings. The van der Waals surface area contributed by atoms with Gasteiger partial charge in [-0.1, -0.05) is 5.57 Å². The molecule has 1 fully saturated rings. The Hall–Kier alpha value is -1.52. The first-order chi connectivity index (χ1) is 7.87. The topological polar surface area (TPSA) is 55.8 Å². The van der Waals surface area contributed by atoms with Crippen molar-refractivity contribution in [2.24, 2.45) is 11.3 Å². The van der Waals surface area contributed by atoms with Gasteiger partial charge in [-0.3, -0.25) is 4.79 Å². The first kappa shape index (κ1) is 12.0. The number of esters is 1. The predicted molar refractivity (Wildman–Crippen MR) is 59.8 cm³/mol. The van der Waals surface area contributed by atoms with Crippen LogP contribution in [-0.2, 0) is 14.3 Å². The van der Waals surface area contributed by atoms with E-state index in [4.69, 9.17) is 4.74 Å². The molecule has 2 rings (SSSR count). The Bertz CT molecular complexity index is 399. The van der Waals surface area contributed by atoms with Gasteiger partial charge in [0.15, 0.2) is 6.23 Å². The van der Waals surface area contributed by atoms with Crippen molar-refractivity contribution in [3.05, 3.63) is 11.8 Å². The number of fused-ring (bicyclic) bond motifs is 2. The number of hydrogen-bond donors (Lipinski definition) is 0. The fourth-order valence-electron chi connectivity index (χ4n) is 2.56. The van der Waals surface area contributed by atoms with Crippen LogP contribution in [-0.4, -0.2) is 30.3 Å². The quantitative estimate of drug-likeness (QED) is 0.606. The number of allylic oxidation sites excluding steroid dienone is 1. The molecule has 0 aliphatic carbocycles. The summed E-state index contributed by atoms with van der Waals surface area (Å²) in [6.45, 7) is 5.68. The van der Waals surface area contributed by atoms with Gasteiger partial charge in [0.2, 0.25) is 0 Å². The SMILES string of the molecule is COC(=O)N1C=C(C)[C@@H]2C[C@H]1OC(=O)C2(C)C. The van der Waals surface area contributed by atoms with Crippen LogP contribution < -0.4 is 0 Å². The van der Waals surface area contributed by atoms with Crippen molar-refractivity contribution in [2.45, 2.75) is 33.4 Å². The molecule has 2 atom stereocenters. The number of methoxy groups -OCH3 is 1. The van der Waals surface area contributed by atoms with Crippen molar-refractivity contribution in [3.63, 3.8) is 0 Å². The van der Waals surface area contributed by atoms with Gasteiger partial charge in [-0.05, 0) is 20.8 Å². The molecular weight excluding hydrogens is 222 g/mol. The van der Waals surface area contributed by atoms with Gasteiger partial charge in [0, 0.05) is 18.5 Å². The molecule has 0 aromatic heterocycles. The van der Waals surface area contributed by atoms with Gasteiger partial charge in [0.1, 0.15) is 0 Å². The van der Waals surface area contributed by atoms with Crippen LogP contribution in [0.1, 0.15) is 27.2 Å². The van der Waals surface area contributed by atoms with E-state index >= 15 is 0 Å². The molecule has 2 bridgehead atoms. The smallest absolute Gasteiger partial charge is 0.416 e. The van der Waals surface area contributed by atoms with E-state index in [9.17, 15) is 9.59 Å². The van der Waals surface area contributed by atoms with E-state index in [1.165, 1.54) is 12.0 Å². The average molecular weight is 239 g/mol. The summed E-state index contributed by atoms with van der Waals surface area (Å²) in [4.78, 5) is 24.8. The maximum Gasteiger partial charge on any atom is 0.416 e. The third-order valence-electron chi connectivity index (χ3n) is 3.67. The molecule has 0 aromatic carbocycles. The lowest BCUT2D eigenvalue weighted by molar-refractivity contribution is -0.184. The Morgan fingerprint density at radius 2 is 2.24 bits per heavy atom. The highest BCUT2D eigenvalue weighted by Crippen LogP contribution is 2.45. The zero-order chi connectivity index (χ0) is 12.8. The van der Waals surface area contributed by atoms with Crippen LogP contribution in [0.15, 0.2) is 11.8 Å². The van der Waals surface area contributed by atoms with Gasteiger partial charge in [-0.2, -0.15) is 0 Å². The molecule has 5 nitrogen and oxygen atoms in total. The summed E-state index contributed by atoms with van der Waals surface area (Å²) >= 11 is 0. The van der Waals surface area contributed by atoms with Crippen molar-refractivity contribution >= 4 is 12.1 Å². The summed E-state index contributed by atoms with van der Waals surface area (Å²) in [5.74, 6) is -0.144. The summed E-state index contributed by atoms with van der Waals surface area (Å²) in [5, 5.41) is 0. The lowest BCUT2D eigenvalue weighted by atomic mass is 9.70. The maximum atomic E-state index is 11.9. The molecule has 0 radical (unpaired) electrons. The van der Waals surface area contributed by atoms with E-state index < -0.39 is 17.7 Å². The Labute approximate surface area is 100 Å². The van der Waals surface area contributed by atoms with Gasteiger partial charge in [0.25, 0.3) is 0 Å². The zero-order valence-electron chi connectivity index (χ0n) is 10.5. The van der Waals surface area contributed by atoms with Gasteiger partial charge in [-0.15, -0.1) is 0 Å². The third-order valence-corrected chi connectivity index (χ3v) is 3.67. The second-order valence-corrected chi connectivity index (χ2v) is 5.12. The fourth-order valence-corrected chi connectivity index (χ4v) is 2.56. The van der Waals surface area contributed by atoms with Crippen LogP contribution in [0.4, 0.5) is 4.79 Å². The molecule has 1 saturated heterocycles. The molecule has 5 heteroatoms. The summed E-state index contributed by atoms with van der Waals surface area (Å²) in [6.07, 6.45) is 1.33. The Kier molecular flexibility index (Phi) is 2.64. The highest BCUT2D eigenvalue weighted by Gasteiger charge is 2.50. The molecular formula is C12H17NO4. The molecule has 94 valence electrons. The van der Waals surface area contributed by atoms with Crippen molar-refractivity contribution in [1.82, 2.24) is 4.90 Å². The molecule has 2 aliphatic heterocycles. The van der Waals surface area contributed by atoms with Gasteiger partial charge in [0.05, 0.1) is 12.5 Å². The Balaban J connectivity index is 2.37. The van der Waals surface area contributed by atoms with Crippen molar-refractivity contribution < 1.29 is 19.1 Å². The summed E-state index contributed by atoms with van der Waals surface area (Å²) < 4.78 is 9.97. The number of carbonyl (C=O) groups excluding carboxylic acids is 2. The monoisotopic (exact) mass is 239 g/mol. The number of carbonyl (C=O) groups is 2. The zero-order valence-corrected chi connectivity index (χ0v) is 10.5. The second kappa shape index (κ2) is 3.75. The largest absolute Gasteiger partial charge is 0.452 e. The van der Waals surface area contributed by atoms with E-state index in [0.29, 0.717) is 6.42 Å². The Morgan fingerprint density at radius 3 is 2.82 bits per heavy atom. The molecule has 0 N–H and O–H groups in total. The van der Waals surface area contributed by atoms with Gasteiger partial charge < -0.3 is 9.47 Å². The van der Waals surface area contributed by atoms with Crippen LogP contribution in [0, 0.1) is 11.3 Å². The number of hydrogen-bond acceptors (Lipinski definition) is 4. The van der Waals surface area contributed by atoms with Crippen LogP contribution in [0.3, 0.4) is 0 Å². The highest BCUT2D eigenvalue weighted by molar-refractivity contribution is 5.79. The Morgan fingerprint density at radius 1 is 1.59 bits per heavy atom. The van der Waals surface area contributed by atoms with Gasteiger partial charge >= 0.3 is 12.1 Å². The lowest BCUT2D eigenvalue weighted by Crippen LogP contribution is -2.54. The molecule has 1 amide bonds. The summed E-state index contributed by atoms with van der Waals surface area (Å²) in [7, 11) is 1.31. The van der Waals surface area contributed by atoms with E-state index in [0.717, 1.165) is 5.57 Å². The molecule has 17 heavy (non-hydrogen) atoms. The van der Waals surface area contributed by atoms with E-state index in [2.05, 4.69) is 4.74 Å². The highest BCUT2D eigenvalue weighted by atomic mass is 16.6. The molecule has 2 heterocycles. The first-order valence-corrected chi connectivity index (χ1v) is 5.63. The van der Waals surface area contributed by atoms with Crippen LogP contribution >= 0.6 is 0 Å². The number of ether oxygens (including phenoxy) is 2. The first-order valence-electron chi connectivity index (χ1n) is 5.63. The maximum absolute atomic E-state index is 11.9. The molecule has 0 spiro atoms. The van der Waals surface area contributed by atoms with Crippen molar-refractivity contribution in [2.75, 3.05) is 7.11 Å². The minimum atomic E-state index is -0.531. The summed E-state index contributed by atoms with van der Waals surface area (Å²) in [6, 6.07) is 0. The van der Waals surface area contributed by atoms with Crippen LogP contribution in [0.25, 0.3) is 0 Å². The second-order valence-electron chi connectivity index (χ2n) is 5.12. The van der Waals surface area contributed by atoms with Gasteiger partial charge in [-0.25, -0.2) is 9.69 Å². The average Bonchev–Trinajstić information content (AvgIpc) is 2.28. The number of rotatable bonds is 0. The normalized spacial score (nSPS) is 30.5. The number of amides is 1. The molecule has 2 aliphatic rings. The standard InChI is InChI=1S/C12H17NO4/c1-7-6-13(11(15)16-4)9-5-8(7)12(2,3)10(14)17-9/h6,8-9H,5H2,1-4H3/t8-,9+/m0/s1. The van der Waals surface area contributed by atoms with Crippen molar-refractivity contribution in [3.8, 4) is 0 Å². The van der Waals surface area contributed by atoms with E-state index in [1.54, 1.807) is 6.20 Å². The van der Waals surface area contributed by atoms with Crippen LogP contribution in [0.2, 0.25) is 0 Å². The lowest BCUT2D eigenvalue weighted by Gasteiger charge is -2.46. The molecule has 0 saturated carbocycles. The minimum Gasteiger partial charge on any atom is -0.452 e. The predicted octanol–water partition coefficient (Wildman–Crippen LogP) is 1.89. The van der Waals surface area contributed by atoms with E-state index in [-0.39, 0.29) is 11.9 Å². The van der Waals surface area contributed by atoms with Crippen LogP contribution in [0.5, 0.6) is 0 Å². The van der Waals surface area contributed by atoms with Crippen molar-refractivity contribution in [1.29, 1.82) is 0 Å². The third kappa shape index (κ3) is 1.69. The minimum absolute atomic E-state index is 0.120. The van der Waals surface area contributed by atoms with E-state index in [1.807, 2.05) is 20.8 Å².